The summed E-state index contributed by atoms with van der Waals surface area (Å²) in [6.45, 7) is 4.63. The van der Waals surface area contributed by atoms with Gasteiger partial charge in [0.15, 0.2) is 0 Å². The smallest absolute Gasteiger partial charge is 0.322 e. The summed E-state index contributed by atoms with van der Waals surface area (Å²) in [5.41, 5.74) is 3.90. The number of amides is 2. The first-order chi connectivity index (χ1) is 15.5. The Labute approximate surface area is 185 Å². The van der Waals surface area contributed by atoms with Gasteiger partial charge in [-0.15, -0.1) is 0 Å². The Kier molecular flexibility index (Phi) is 6.32. The Morgan fingerprint density at radius 3 is 2.69 bits per heavy atom. The lowest BCUT2D eigenvalue weighted by Crippen LogP contribution is -2.47. The number of aryl methyl sites for hydroxylation is 1. The first-order valence-electron chi connectivity index (χ1n) is 10.5. The molecule has 0 bridgehead atoms. The lowest BCUT2D eigenvalue weighted by molar-refractivity contribution is 0.158. The summed E-state index contributed by atoms with van der Waals surface area (Å²) in [6.07, 6.45) is 0.941. The average molecular weight is 436 g/mol. The molecule has 1 aliphatic rings. The molecule has 1 N–H and O–H groups in total. The molecule has 1 atom stereocenters. The number of nitrogens with zero attached hydrogens (tertiary/aromatic N) is 3. The predicted molar refractivity (Wildman–Crippen MR) is 118 cm³/mol. The third-order valence-corrected chi connectivity index (χ3v) is 5.57. The SMILES string of the molecule is CCc1ccc(-c2noc(C3=C(C)N(CCOC)C(=O)NC3c3cccc(F)c3)n2)cc1. The third-order valence-electron chi connectivity index (χ3n) is 5.57. The highest BCUT2D eigenvalue weighted by atomic mass is 19.1. The maximum Gasteiger partial charge on any atom is 0.322 e. The Hall–Kier alpha value is -3.52. The molecule has 3 aromatic rings. The summed E-state index contributed by atoms with van der Waals surface area (Å²) >= 11 is 0. The summed E-state index contributed by atoms with van der Waals surface area (Å²) in [4.78, 5) is 19.0. The summed E-state index contributed by atoms with van der Waals surface area (Å²) < 4.78 is 24.7. The number of carbonyl (C=O) groups is 1. The molecule has 1 unspecified atom stereocenters. The van der Waals surface area contributed by atoms with Crippen LogP contribution in [0.3, 0.4) is 0 Å². The van der Waals surface area contributed by atoms with E-state index in [9.17, 15) is 9.18 Å². The second kappa shape index (κ2) is 9.32. The fourth-order valence-electron chi connectivity index (χ4n) is 3.79. The van der Waals surface area contributed by atoms with E-state index >= 15 is 0 Å². The molecule has 166 valence electrons. The van der Waals surface area contributed by atoms with Crippen LogP contribution in [0.2, 0.25) is 0 Å². The second-order valence-electron chi connectivity index (χ2n) is 7.55. The molecule has 1 aliphatic heterocycles. The van der Waals surface area contributed by atoms with Crippen molar-refractivity contribution in [1.82, 2.24) is 20.4 Å². The van der Waals surface area contributed by atoms with E-state index in [0.29, 0.717) is 35.8 Å². The Bertz CT molecular complexity index is 1140. The van der Waals surface area contributed by atoms with E-state index in [4.69, 9.17) is 9.26 Å². The number of urea groups is 1. The third kappa shape index (κ3) is 4.27. The van der Waals surface area contributed by atoms with Gasteiger partial charge in [0.05, 0.1) is 24.8 Å². The molecule has 0 saturated carbocycles. The van der Waals surface area contributed by atoms with Crippen LogP contribution in [0.1, 0.15) is 36.9 Å². The average Bonchev–Trinajstić information content (AvgIpc) is 3.28. The number of methoxy groups -OCH3 is 1. The van der Waals surface area contributed by atoms with Gasteiger partial charge >= 0.3 is 6.03 Å². The van der Waals surface area contributed by atoms with Crippen LogP contribution in [0.25, 0.3) is 17.0 Å². The van der Waals surface area contributed by atoms with Crippen molar-refractivity contribution in [3.8, 4) is 11.4 Å². The zero-order valence-corrected chi connectivity index (χ0v) is 18.3. The first kappa shape index (κ1) is 21.7. The lowest BCUT2D eigenvalue weighted by Gasteiger charge is -2.35. The predicted octanol–water partition coefficient (Wildman–Crippen LogP) is 4.58. The monoisotopic (exact) mass is 436 g/mol. The van der Waals surface area contributed by atoms with Crippen molar-refractivity contribution in [3.05, 3.63) is 77.1 Å². The van der Waals surface area contributed by atoms with Crippen molar-refractivity contribution in [3.63, 3.8) is 0 Å². The molecule has 0 saturated heterocycles. The van der Waals surface area contributed by atoms with Crippen LogP contribution < -0.4 is 5.32 Å². The molecule has 1 aromatic heterocycles. The quantitative estimate of drug-likeness (QED) is 0.586. The van der Waals surface area contributed by atoms with Crippen LogP contribution in [0.4, 0.5) is 9.18 Å². The van der Waals surface area contributed by atoms with Gasteiger partial charge in [0.1, 0.15) is 5.82 Å². The van der Waals surface area contributed by atoms with Crippen molar-refractivity contribution in [2.24, 2.45) is 0 Å². The summed E-state index contributed by atoms with van der Waals surface area (Å²) in [6, 6.07) is 13.1. The van der Waals surface area contributed by atoms with Gasteiger partial charge in [-0.2, -0.15) is 4.98 Å². The van der Waals surface area contributed by atoms with E-state index in [1.165, 1.54) is 17.7 Å². The maximum atomic E-state index is 14.0. The van der Waals surface area contributed by atoms with E-state index in [1.54, 1.807) is 24.1 Å². The molecular weight excluding hydrogens is 411 g/mol. The standard InChI is InChI=1S/C24H25FN4O3/c1-4-16-8-10-17(11-9-16)22-27-23(32-28-22)20-15(2)29(12-13-31-3)24(30)26-21(20)18-6-5-7-19(25)14-18/h5-11,14,21H,4,12-13H2,1-3H3,(H,26,30). The molecule has 0 radical (unpaired) electrons. The first-order valence-corrected chi connectivity index (χ1v) is 10.5. The second-order valence-corrected chi connectivity index (χ2v) is 7.55. The van der Waals surface area contributed by atoms with Crippen LogP contribution in [-0.2, 0) is 11.2 Å². The van der Waals surface area contributed by atoms with Gasteiger partial charge in [-0.3, -0.25) is 4.90 Å². The molecule has 2 aromatic carbocycles. The molecule has 2 heterocycles. The van der Waals surface area contributed by atoms with Crippen molar-refractivity contribution < 1.29 is 18.4 Å². The minimum absolute atomic E-state index is 0.272. The number of hydrogen-bond donors (Lipinski definition) is 1. The number of rotatable bonds is 7. The minimum atomic E-state index is -0.632. The number of benzene rings is 2. The van der Waals surface area contributed by atoms with E-state index in [0.717, 1.165) is 12.0 Å². The van der Waals surface area contributed by atoms with Crippen molar-refractivity contribution in [2.45, 2.75) is 26.3 Å². The van der Waals surface area contributed by atoms with Crippen LogP contribution in [0.5, 0.6) is 0 Å². The van der Waals surface area contributed by atoms with Gasteiger partial charge in [0.25, 0.3) is 5.89 Å². The largest absolute Gasteiger partial charge is 0.383 e. The van der Waals surface area contributed by atoms with E-state index in [-0.39, 0.29) is 11.9 Å². The summed E-state index contributed by atoms with van der Waals surface area (Å²) in [5, 5.41) is 7.09. The van der Waals surface area contributed by atoms with Crippen molar-refractivity contribution in [1.29, 1.82) is 0 Å². The number of nitrogens with one attached hydrogen (secondary N) is 1. The number of halogens is 1. The normalized spacial score (nSPS) is 16.4. The molecule has 7 nitrogen and oxygen atoms in total. The van der Waals surface area contributed by atoms with E-state index in [2.05, 4.69) is 22.4 Å². The summed E-state index contributed by atoms with van der Waals surface area (Å²) in [5.74, 6) is 0.327. The molecule has 0 fully saturated rings. The van der Waals surface area contributed by atoms with Gasteiger partial charge in [0.2, 0.25) is 5.82 Å². The van der Waals surface area contributed by atoms with Crippen LogP contribution >= 0.6 is 0 Å². The van der Waals surface area contributed by atoms with Gasteiger partial charge in [0, 0.05) is 18.4 Å². The van der Waals surface area contributed by atoms with Gasteiger partial charge in [-0.1, -0.05) is 48.5 Å². The number of carbonyl (C=O) groups excluding carboxylic acids is 1. The molecule has 0 aliphatic carbocycles. The topological polar surface area (TPSA) is 80.5 Å². The van der Waals surface area contributed by atoms with Crippen molar-refractivity contribution >= 4 is 11.6 Å². The van der Waals surface area contributed by atoms with Gasteiger partial charge in [-0.05, 0) is 36.6 Å². The Balaban J connectivity index is 1.78. The molecule has 2 amide bonds. The lowest BCUT2D eigenvalue weighted by atomic mass is 9.94. The minimum Gasteiger partial charge on any atom is -0.383 e. The number of allylic oxidation sites excluding steroid dienone is 1. The fourth-order valence-corrected chi connectivity index (χ4v) is 3.79. The number of ether oxygens (including phenoxy) is 1. The highest BCUT2D eigenvalue weighted by Gasteiger charge is 2.35. The Morgan fingerprint density at radius 1 is 1.22 bits per heavy atom. The highest BCUT2D eigenvalue weighted by molar-refractivity contribution is 5.86. The molecule has 4 rings (SSSR count). The van der Waals surface area contributed by atoms with Crippen LogP contribution in [-0.4, -0.2) is 41.3 Å². The highest BCUT2D eigenvalue weighted by Crippen LogP contribution is 2.37. The molecular formula is C24H25FN4O3. The van der Waals surface area contributed by atoms with Crippen LogP contribution in [0, 0.1) is 5.82 Å². The number of aromatic nitrogens is 2. The molecule has 32 heavy (non-hydrogen) atoms. The Morgan fingerprint density at radius 2 is 2.00 bits per heavy atom. The summed E-state index contributed by atoms with van der Waals surface area (Å²) in [7, 11) is 1.57. The number of hydrogen-bond acceptors (Lipinski definition) is 5. The zero-order valence-electron chi connectivity index (χ0n) is 18.3. The van der Waals surface area contributed by atoms with E-state index in [1.807, 2.05) is 31.2 Å². The van der Waals surface area contributed by atoms with E-state index < -0.39 is 11.9 Å². The van der Waals surface area contributed by atoms with Crippen molar-refractivity contribution in [2.75, 3.05) is 20.3 Å². The van der Waals surface area contributed by atoms with Gasteiger partial charge < -0.3 is 14.6 Å². The molecule has 8 heteroatoms. The fraction of sp³-hybridized carbons (Fsp3) is 0.292. The van der Waals surface area contributed by atoms with Crippen LogP contribution in [0.15, 0.2) is 58.8 Å². The van der Waals surface area contributed by atoms with Gasteiger partial charge in [-0.25, -0.2) is 9.18 Å². The maximum absolute atomic E-state index is 14.0. The zero-order chi connectivity index (χ0) is 22.7. The molecule has 0 spiro atoms.